The molecule has 2 heterocycles. The van der Waals surface area contributed by atoms with Crippen LogP contribution < -0.4 is 5.32 Å². The molecule has 0 spiro atoms. The number of amides is 1. The number of nitrogens with one attached hydrogen (secondary N) is 1. The largest absolute Gasteiger partial charge is 0.322 e. The number of rotatable bonds is 4. The summed E-state index contributed by atoms with van der Waals surface area (Å²) in [4.78, 5) is 16.6. The molecule has 1 amide bonds. The zero-order valence-electron chi connectivity index (χ0n) is 14.1. The van der Waals surface area contributed by atoms with Gasteiger partial charge in [0.2, 0.25) is 10.0 Å². The van der Waals surface area contributed by atoms with Crippen LogP contribution >= 0.6 is 0 Å². The Morgan fingerprint density at radius 2 is 1.76 bits per heavy atom. The van der Waals surface area contributed by atoms with Crippen molar-refractivity contribution >= 4 is 21.6 Å². The molecule has 1 saturated heterocycles. The predicted molar refractivity (Wildman–Crippen MR) is 96.0 cm³/mol. The van der Waals surface area contributed by atoms with Gasteiger partial charge in [0.05, 0.1) is 4.90 Å². The number of hydrogen-bond acceptors (Lipinski definition) is 4. The summed E-state index contributed by atoms with van der Waals surface area (Å²) in [5, 5.41) is 2.77. The quantitative estimate of drug-likeness (QED) is 0.910. The first kappa shape index (κ1) is 17.6. The molecule has 1 aromatic heterocycles. The van der Waals surface area contributed by atoms with Crippen molar-refractivity contribution in [2.75, 3.05) is 18.4 Å². The van der Waals surface area contributed by atoms with E-state index in [1.54, 1.807) is 43.6 Å². The van der Waals surface area contributed by atoms with Crippen LogP contribution in [-0.4, -0.2) is 36.7 Å². The van der Waals surface area contributed by atoms with E-state index in [0.29, 0.717) is 24.3 Å². The van der Waals surface area contributed by atoms with Crippen molar-refractivity contribution < 1.29 is 13.2 Å². The molecule has 0 radical (unpaired) electrons. The maximum absolute atomic E-state index is 12.8. The summed E-state index contributed by atoms with van der Waals surface area (Å²) in [6, 6.07) is 8.08. The zero-order valence-corrected chi connectivity index (χ0v) is 14.9. The summed E-state index contributed by atoms with van der Waals surface area (Å²) >= 11 is 0. The molecule has 2 aromatic rings. The molecular formula is C18H21N3O3S. The molecule has 1 fully saturated rings. The minimum absolute atomic E-state index is 0.167. The van der Waals surface area contributed by atoms with Crippen molar-refractivity contribution in [1.29, 1.82) is 0 Å². The SMILES string of the molecule is Cc1ccc(S(=O)(=O)N2CCCCC2)cc1C(=O)Nc1ccncc1. The topological polar surface area (TPSA) is 79.4 Å². The Bertz CT molecular complexity index is 860. The van der Waals surface area contributed by atoms with Crippen molar-refractivity contribution in [2.45, 2.75) is 31.1 Å². The van der Waals surface area contributed by atoms with E-state index < -0.39 is 10.0 Å². The normalized spacial score (nSPS) is 15.7. The average molecular weight is 359 g/mol. The Morgan fingerprint density at radius 1 is 1.08 bits per heavy atom. The van der Waals surface area contributed by atoms with Crippen molar-refractivity contribution in [1.82, 2.24) is 9.29 Å². The maximum atomic E-state index is 12.8. The molecule has 0 saturated carbocycles. The second-order valence-electron chi connectivity index (χ2n) is 6.13. The number of benzene rings is 1. The fourth-order valence-corrected chi connectivity index (χ4v) is 4.44. The third-order valence-electron chi connectivity index (χ3n) is 4.34. The highest BCUT2D eigenvalue weighted by atomic mass is 32.2. The van der Waals surface area contributed by atoms with E-state index >= 15 is 0 Å². The van der Waals surface area contributed by atoms with Crippen LogP contribution in [0.25, 0.3) is 0 Å². The van der Waals surface area contributed by atoms with Crippen LogP contribution in [0.3, 0.4) is 0 Å². The molecule has 1 N–H and O–H groups in total. The average Bonchev–Trinajstić information content (AvgIpc) is 2.63. The van der Waals surface area contributed by atoms with Crippen LogP contribution in [-0.2, 0) is 10.0 Å². The molecular weight excluding hydrogens is 338 g/mol. The van der Waals surface area contributed by atoms with Crippen LogP contribution in [0.1, 0.15) is 35.2 Å². The molecule has 0 atom stereocenters. The van der Waals surface area contributed by atoms with Crippen molar-refractivity contribution in [3.8, 4) is 0 Å². The Kier molecular flexibility index (Phi) is 5.15. The Hall–Kier alpha value is -2.25. The standard InChI is InChI=1S/C18H21N3O3S/c1-14-5-6-16(25(23,24)21-11-3-2-4-12-21)13-17(14)18(22)20-15-7-9-19-10-8-15/h5-10,13H,2-4,11-12H2,1H3,(H,19,20,22). The van der Waals surface area contributed by atoms with Gasteiger partial charge in [-0.1, -0.05) is 12.5 Å². The van der Waals surface area contributed by atoms with Gasteiger partial charge in [0.25, 0.3) is 5.91 Å². The molecule has 0 aliphatic carbocycles. The van der Waals surface area contributed by atoms with Gasteiger partial charge in [0, 0.05) is 36.7 Å². The number of carbonyl (C=O) groups is 1. The predicted octanol–water partition coefficient (Wildman–Crippen LogP) is 2.82. The van der Waals surface area contributed by atoms with Crippen LogP contribution in [0.5, 0.6) is 0 Å². The second kappa shape index (κ2) is 7.33. The van der Waals surface area contributed by atoms with E-state index in [0.717, 1.165) is 24.8 Å². The number of carbonyl (C=O) groups excluding carboxylic acids is 1. The molecule has 25 heavy (non-hydrogen) atoms. The van der Waals surface area contributed by atoms with Crippen LogP contribution in [0.4, 0.5) is 5.69 Å². The number of sulfonamides is 1. The summed E-state index contributed by atoms with van der Waals surface area (Å²) in [5.74, 6) is -0.334. The molecule has 0 unspecified atom stereocenters. The van der Waals surface area contributed by atoms with E-state index in [1.165, 1.54) is 10.4 Å². The highest BCUT2D eigenvalue weighted by Crippen LogP contribution is 2.23. The number of aromatic nitrogens is 1. The van der Waals surface area contributed by atoms with Crippen LogP contribution in [0, 0.1) is 6.92 Å². The van der Waals surface area contributed by atoms with Gasteiger partial charge in [-0.05, 0) is 49.6 Å². The lowest BCUT2D eigenvalue weighted by Gasteiger charge is -2.26. The lowest BCUT2D eigenvalue weighted by atomic mass is 10.1. The van der Waals surface area contributed by atoms with E-state index in [4.69, 9.17) is 0 Å². The highest BCUT2D eigenvalue weighted by molar-refractivity contribution is 7.89. The van der Waals surface area contributed by atoms with E-state index in [9.17, 15) is 13.2 Å². The van der Waals surface area contributed by atoms with Gasteiger partial charge in [-0.25, -0.2) is 8.42 Å². The summed E-state index contributed by atoms with van der Waals surface area (Å²) in [7, 11) is -3.56. The number of aryl methyl sites for hydroxylation is 1. The smallest absolute Gasteiger partial charge is 0.255 e. The Labute approximate surface area is 147 Å². The highest BCUT2D eigenvalue weighted by Gasteiger charge is 2.27. The van der Waals surface area contributed by atoms with E-state index in [-0.39, 0.29) is 10.8 Å². The van der Waals surface area contributed by atoms with Gasteiger partial charge < -0.3 is 5.32 Å². The molecule has 1 aromatic carbocycles. The van der Waals surface area contributed by atoms with Gasteiger partial charge in [-0.2, -0.15) is 4.31 Å². The summed E-state index contributed by atoms with van der Waals surface area (Å²) in [6.45, 7) is 2.86. The summed E-state index contributed by atoms with van der Waals surface area (Å²) < 4.78 is 27.1. The second-order valence-corrected chi connectivity index (χ2v) is 8.07. The molecule has 132 valence electrons. The number of pyridine rings is 1. The monoisotopic (exact) mass is 359 g/mol. The lowest BCUT2D eigenvalue weighted by molar-refractivity contribution is 0.102. The Balaban J connectivity index is 1.88. The number of hydrogen-bond donors (Lipinski definition) is 1. The number of anilines is 1. The first-order valence-corrected chi connectivity index (χ1v) is 9.75. The maximum Gasteiger partial charge on any atom is 0.255 e. The molecule has 1 aliphatic heterocycles. The molecule has 7 heteroatoms. The fraction of sp³-hybridized carbons (Fsp3) is 0.333. The van der Waals surface area contributed by atoms with Crippen LogP contribution in [0.2, 0.25) is 0 Å². The molecule has 1 aliphatic rings. The van der Waals surface area contributed by atoms with Crippen molar-refractivity contribution in [3.63, 3.8) is 0 Å². The minimum Gasteiger partial charge on any atom is -0.322 e. The van der Waals surface area contributed by atoms with Gasteiger partial charge in [0.1, 0.15) is 0 Å². The zero-order chi connectivity index (χ0) is 17.9. The van der Waals surface area contributed by atoms with E-state index in [2.05, 4.69) is 10.3 Å². The third kappa shape index (κ3) is 3.88. The summed E-state index contributed by atoms with van der Waals surface area (Å²) in [5.41, 5.74) is 1.70. The number of nitrogens with zero attached hydrogens (tertiary/aromatic N) is 2. The van der Waals surface area contributed by atoms with Crippen molar-refractivity contribution in [3.05, 3.63) is 53.9 Å². The van der Waals surface area contributed by atoms with Gasteiger partial charge in [0.15, 0.2) is 0 Å². The molecule has 0 bridgehead atoms. The van der Waals surface area contributed by atoms with Gasteiger partial charge >= 0.3 is 0 Å². The minimum atomic E-state index is -3.56. The van der Waals surface area contributed by atoms with Crippen molar-refractivity contribution in [2.24, 2.45) is 0 Å². The summed E-state index contributed by atoms with van der Waals surface area (Å²) in [6.07, 6.45) is 5.97. The lowest BCUT2D eigenvalue weighted by Crippen LogP contribution is -2.35. The van der Waals surface area contributed by atoms with Gasteiger partial charge in [-0.15, -0.1) is 0 Å². The Morgan fingerprint density at radius 3 is 2.44 bits per heavy atom. The first-order valence-electron chi connectivity index (χ1n) is 8.31. The van der Waals surface area contributed by atoms with Crippen LogP contribution in [0.15, 0.2) is 47.6 Å². The third-order valence-corrected chi connectivity index (χ3v) is 6.24. The molecule has 3 rings (SSSR count). The van der Waals surface area contributed by atoms with E-state index in [1.807, 2.05) is 0 Å². The fourth-order valence-electron chi connectivity index (χ4n) is 2.89. The number of piperidine rings is 1. The first-order chi connectivity index (χ1) is 12.0. The molecule has 6 nitrogen and oxygen atoms in total. The van der Waals surface area contributed by atoms with Gasteiger partial charge in [-0.3, -0.25) is 9.78 Å².